The Bertz CT molecular complexity index is 3740. The smallest absolute Gasteiger partial charge is 0 e. The summed E-state index contributed by atoms with van der Waals surface area (Å²) in [6.07, 6.45) is 0. The van der Waals surface area contributed by atoms with Gasteiger partial charge in [0, 0.05) is 196 Å². The summed E-state index contributed by atoms with van der Waals surface area (Å²) in [5, 5.41) is 0. The molecule has 606 valence electrons. The van der Waals surface area contributed by atoms with Crippen LogP contribution in [0.3, 0.4) is 0 Å². The molecule has 0 bridgehead atoms. The van der Waals surface area contributed by atoms with Gasteiger partial charge in [-0.1, -0.05) is 249 Å². The maximum atomic E-state index is 3.33. The Morgan fingerprint density at radius 2 is 0.395 bits per heavy atom. The second-order valence-corrected chi connectivity index (χ2v) is 21.2. The number of hydrogen-bond donors (Lipinski definition) is 0. The van der Waals surface area contributed by atoms with Crippen LogP contribution in [0.15, 0.2) is 218 Å². The molecule has 12 rings (SSSR count). The first-order chi connectivity index (χ1) is 52.6. The molecule has 0 aliphatic carbocycles. The van der Waals surface area contributed by atoms with Crippen molar-refractivity contribution in [2.24, 2.45) is 0 Å². The summed E-state index contributed by atoms with van der Waals surface area (Å²) in [6.45, 7) is 72.9. The molecular weight excluding hydrogens is 1830 g/mol. The molecule has 0 spiro atoms. The van der Waals surface area contributed by atoms with Gasteiger partial charge in [-0.2, -0.15) is 254 Å². The van der Waals surface area contributed by atoms with E-state index in [9.17, 15) is 0 Å². The van der Waals surface area contributed by atoms with Gasteiger partial charge in [0.1, 0.15) is 0 Å². The molecular formula is C108H144Y6-12. The van der Waals surface area contributed by atoms with Crippen LogP contribution in [0, 0.1) is 156 Å². The van der Waals surface area contributed by atoms with Gasteiger partial charge in [-0.3, -0.25) is 0 Å². The molecule has 0 saturated carbocycles. The molecule has 0 heterocycles. The van der Waals surface area contributed by atoms with Crippen LogP contribution in [0.5, 0.6) is 0 Å². The maximum Gasteiger partial charge on any atom is 0 e. The minimum absolute atomic E-state index is 0. The topological polar surface area (TPSA) is 0 Å². The first kappa shape index (κ1) is 137. The fourth-order valence-corrected chi connectivity index (χ4v) is 8.71. The number of rotatable bonds is 6. The van der Waals surface area contributed by atoms with Gasteiger partial charge in [0.25, 0.3) is 0 Å². The number of aryl methyl sites for hydroxylation is 12. The van der Waals surface area contributed by atoms with E-state index in [0.29, 0.717) is 0 Å². The van der Waals surface area contributed by atoms with Crippen molar-refractivity contribution < 1.29 is 196 Å². The number of benzene rings is 12. The molecule has 114 heavy (non-hydrogen) atoms. The second kappa shape index (κ2) is 95.7. The van der Waals surface area contributed by atoms with Crippen LogP contribution in [-0.4, -0.2) is 0 Å². The summed E-state index contributed by atoms with van der Waals surface area (Å²) in [4.78, 5) is 0. The van der Waals surface area contributed by atoms with E-state index in [0.717, 1.165) is 72.3 Å². The molecule has 0 aliphatic heterocycles. The van der Waals surface area contributed by atoms with Crippen LogP contribution < -0.4 is 0 Å². The van der Waals surface area contributed by atoms with E-state index in [2.05, 4.69) is 301 Å². The van der Waals surface area contributed by atoms with Gasteiger partial charge in [0.15, 0.2) is 0 Å². The van der Waals surface area contributed by atoms with Crippen molar-refractivity contribution in [2.45, 2.75) is 249 Å². The molecule has 0 aromatic heterocycles. The quantitative estimate of drug-likeness (QED) is 0.146. The third kappa shape index (κ3) is 62.4. The molecule has 12 aromatic rings. The molecule has 0 unspecified atom stereocenters. The molecule has 0 aliphatic rings. The predicted octanol–water partition coefficient (Wildman–Crippen LogP) is 33.7. The average molecular weight is 1980 g/mol. The molecule has 6 heteroatoms. The zero-order valence-electron chi connectivity index (χ0n) is 78.2. The average Bonchev–Trinajstić information content (AvgIpc) is 0.869. The third-order valence-corrected chi connectivity index (χ3v) is 13.4. The normalized spacial score (nSPS) is 8.11. The van der Waals surface area contributed by atoms with Crippen molar-refractivity contribution in [3.05, 3.63) is 358 Å². The summed E-state index contributed by atoms with van der Waals surface area (Å²) in [6, 6.07) is 113. The summed E-state index contributed by atoms with van der Waals surface area (Å²) in [5.41, 5.74) is 28.3. The van der Waals surface area contributed by atoms with Crippen molar-refractivity contribution in [1.29, 1.82) is 0 Å². The fraction of sp³-hybridized carbons (Fsp3) is 0.333. The zero-order chi connectivity index (χ0) is 83.8. The van der Waals surface area contributed by atoms with Gasteiger partial charge >= 0.3 is 0 Å². The molecule has 0 saturated heterocycles. The largest absolute Gasteiger partial charge is 0.226 e. The van der Waals surface area contributed by atoms with Gasteiger partial charge in [0.05, 0.1) is 0 Å². The van der Waals surface area contributed by atoms with Crippen molar-refractivity contribution in [1.82, 2.24) is 0 Å². The Hall–Kier alpha value is -2.74. The predicted molar refractivity (Wildman–Crippen MR) is 490 cm³/mol. The molecule has 0 nitrogen and oxygen atoms in total. The van der Waals surface area contributed by atoms with E-state index in [1.54, 1.807) is 0 Å². The van der Waals surface area contributed by atoms with E-state index in [4.69, 9.17) is 0 Å². The van der Waals surface area contributed by atoms with Crippen molar-refractivity contribution in [2.75, 3.05) is 0 Å². The minimum Gasteiger partial charge on any atom is -0.226 e. The van der Waals surface area contributed by atoms with Gasteiger partial charge in [-0.05, 0) is 0 Å². The van der Waals surface area contributed by atoms with Crippen LogP contribution in [0.25, 0.3) is 66.8 Å². The zero-order valence-corrected chi connectivity index (χ0v) is 95.3. The van der Waals surface area contributed by atoms with Gasteiger partial charge in [-0.25, -0.2) is 66.8 Å². The fourth-order valence-electron chi connectivity index (χ4n) is 8.71. The summed E-state index contributed by atoms with van der Waals surface area (Å²) < 4.78 is 0. The first-order valence-electron chi connectivity index (χ1n) is 40.4. The van der Waals surface area contributed by atoms with Crippen LogP contribution in [0.4, 0.5) is 0 Å². The van der Waals surface area contributed by atoms with Crippen LogP contribution >= 0.6 is 0 Å². The third-order valence-electron chi connectivity index (χ3n) is 13.4. The number of hydrogen-bond acceptors (Lipinski definition) is 0. The SMILES string of the molecule is CC.CC.CC.CC.CC.CC.CC.CC.CC.CC.CC.CC.Cc1[c-]c(-c2[c-]ccc(C)c2)ccc1.Cc1[c-]c(-c2[c-]cccc2C)ccc1.Cc1c[c-]c(-c2[c-]cc(C)cc2)cc1.Cc1c[c-]c(-c2[c-]ccc(C)c2)cc1.Cc1c[c-]c(-c2[c-]cccc2C)cc1.Cc1cc[c-]c(-c2[c-]ccc(C)c2)c1.[Y].[Y].[Y].[Y].[Y].[Y]. The van der Waals surface area contributed by atoms with Crippen molar-refractivity contribution in [3.8, 4) is 66.8 Å². The summed E-state index contributed by atoms with van der Waals surface area (Å²) in [7, 11) is 0. The van der Waals surface area contributed by atoms with Gasteiger partial charge < -0.3 is 0 Å². The molecule has 0 atom stereocenters. The minimum atomic E-state index is 0. The Balaban J connectivity index is -0.000000103. The molecule has 12 aromatic carbocycles. The van der Waals surface area contributed by atoms with E-state index >= 15 is 0 Å². The monoisotopic (exact) mass is 1970 g/mol. The Kier molecular flexibility index (Phi) is 115. The van der Waals surface area contributed by atoms with Crippen LogP contribution in [0.1, 0.15) is 233 Å². The maximum absolute atomic E-state index is 3.33. The molecule has 0 fully saturated rings. The van der Waals surface area contributed by atoms with Crippen molar-refractivity contribution >= 4 is 0 Å². The van der Waals surface area contributed by atoms with E-state index in [-0.39, 0.29) is 196 Å². The van der Waals surface area contributed by atoms with Crippen LogP contribution in [0.2, 0.25) is 0 Å². The van der Waals surface area contributed by atoms with E-state index in [1.165, 1.54) is 61.2 Å². The van der Waals surface area contributed by atoms with Crippen LogP contribution in [-0.2, 0) is 196 Å². The standard InChI is InChI=1S/6C14H12.12C2H6.6Y/c1-11-3-7-13(8-4-11)14-9-5-12(2)6-10-14;2*1-11-5-3-7-13(9-11)14-8-4-6-12(2)10-14;1-11-6-5-8-13(10-11)14-9-4-3-7-12(14)2;1-11-6-8-13(9-7-11)14-5-3-4-12(2)10-14;1-11-7-9-13(10-8-11)14-6-4-3-5-12(14)2;12*1-2;;;;;;/h3-7,9H,1-2H3;3-6,9-10H,1-2H3;3-7,10H,1-2H3;3-8H,1-2H3;3-4,6-8,10H,1-2H3;3-5,7-9H,1-2H3;12*1-2H3;;;;;;/q6*-2;;;;;;;;;;;;;;;;;;. The van der Waals surface area contributed by atoms with Gasteiger partial charge in [-0.15, -0.1) is 104 Å². The first-order valence-corrected chi connectivity index (χ1v) is 40.4. The molecule has 6 radical (unpaired) electrons. The van der Waals surface area contributed by atoms with E-state index < -0.39 is 0 Å². The summed E-state index contributed by atoms with van der Waals surface area (Å²) in [5.74, 6) is 0. The summed E-state index contributed by atoms with van der Waals surface area (Å²) >= 11 is 0. The Morgan fingerprint density at radius 3 is 0.640 bits per heavy atom. The molecule has 0 N–H and O–H groups in total. The Labute approximate surface area is 858 Å². The van der Waals surface area contributed by atoms with Gasteiger partial charge in [0.2, 0.25) is 0 Å². The second-order valence-electron chi connectivity index (χ2n) is 21.2. The van der Waals surface area contributed by atoms with Crippen molar-refractivity contribution in [3.63, 3.8) is 0 Å². The van der Waals surface area contributed by atoms with E-state index in [1.807, 2.05) is 239 Å². The molecule has 0 amide bonds. The Morgan fingerprint density at radius 1 is 0.167 bits per heavy atom.